The van der Waals surface area contributed by atoms with Crippen LogP contribution in [0.15, 0.2) is 12.1 Å². The Bertz CT molecular complexity index is 977. The smallest absolute Gasteiger partial charge is 0.306 e. The molecule has 8 nitrogen and oxygen atoms in total. The minimum atomic E-state index is -1.04. The molecule has 1 aromatic carbocycles. The summed E-state index contributed by atoms with van der Waals surface area (Å²) >= 11 is 0. The van der Waals surface area contributed by atoms with Gasteiger partial charge in [-0.2, -0.15) is 0 Å². The van der Waals surface area contributed by atoms with Gasteiger partial charge >= 0.3 is 5.97 Å². The molecule has 1 saturated heterocycles. The van der Waals surface area contributed by atoms with Crippen molar-refractivity contribution in [3.05, 3.63) is 34.6 Å². The summed E-state index contributed by atoms with van der Waals surface area (Å²) in [6.45, 7) is 10.1. The molecular formula is C27H40FN3O5. The van der Waals surface area contributed by atoms with Crippen LogP contribution in [0.5, 0.6) is 0 Å². The lowest BCUT2D eigenvalue weighted by atomic mass is 9.93. The lowest BCUT2D eigenvalue weighted by Crippen LogP contribution is -2.48. The predicted molar refractivity (Wildman–Crippen MR) is 134 cm³/mol. The fourth-order valence-electron chi connectivity index (χ4n) is 4.86. The summed E-state index contributed by atoms with van der Waals surface area (Å²) in [5.74, 6) is -2.14. The molecule has 0 radical (unpaired) electrons. The fraction of sp³-hybridized carbons (Fsp3) is 0.667. The molecule has 2 heterocycles. The van der Waals surface area contributed by atoms with Crippen molar-refractivity contribution in [1.82, 2.24) is 10.2 Å². The molecule has 2 amide bonds. The molecule has 3 rings (SSSR count). The van der Waals surface area contributed by atoms with E-state index < -0.39 is 35.2 Å². The van der Waals surface area contributed by atoms with E-state index in [-0.39, 0.29) is 42.7 Å². The van der Waals surface area contributed by atoms with E-state index >= 15 is 4.39 Å². The molecule has 36 heavy (non-hydrogen) atoms. The summed E-state index contributed by atoms with van der Waals surface area (Å²) in [7, 11) is 0. The second kappa shape index (κ2) is 11.7. The molecule has 2 aliphatic heterocycles. The Hall–Kier alpha value is -2.52. The van der Waals surface area contributed by atoms with Crippen LogP contribution in [0, 0.1) is 5.82 Å². The number of esters is 1. The summed E-state index contributed by atoms with van der Waals surface area (Å²) in [6, 6.07) is 2.68. The minimum Gasteiger partial charge on any atom is -0.460 e. The molecule has 0 aromatic heterocycles. The maximum atomic E-state index is 15.7. The summed E-state index contributed by atoms with van der Waals surface area (Å²) in [5, 5.41) is 3.59. The lowest BCUT2D eigenvalue weighted by molar-refractivity contribution is -0.155. The Morgan fingerprint density at radius 2 is 2.06 bits per heavy atom. The van der Waals surface area contributed by atoms with Crippen LogP contribution in [-0.4, -0.2) is 59.1 Å². The number of amides is 2. The highest BCUT2D eigenvalue weighted by atomic mass is 19.1. The fourth-order valence-corrected chi connectivity index (χ4v) is 4.86. The third-order valence-electron chi connectivity index (χ3n) is 6.86. The molecule has 200 valence electrons. The number of nitrogens with zero attached hydrogens (tertiary/aromatic N) is 1. The van der Waals surface area contributed by atoms with Crippen LogP contribution in [0.2, 0.25) is 0 Å². The molecular weight excluding hydrogens is 465 g/mol. The molecule has 3 N–H and O–H groups in total. The van der Waals surface area contributed by atoms with E-state index in [4.69, 9.17) is 15.2 Å². The van der Waals surface area contributed by atoms with Gasteiger partial charge in [0.15, 0.2) is 0 Å². The normalized spacial score (nSPS) is 21.7. The summed E-state index contributed by atoms with van der Waals surface area (Å²) in [5.41, 5.74) is 5.88. The van der Waals surface area contributed by atoms with Crippen LogP contribution in [0.3, 0.4) is 0 Å². The van der Waals surface area contributed by atoms with Crippen molar-refractivity contribution >= 4 is 17.8 Å². The number of hydrogen-bond acceptors (Lipinski definition) is 6. The highest BCUT2D eigenvalue weighted by Crippen LogP contribution is 2.31. The van der Waals surface area contributed by atoms with Gasteiger partial charge in [0.2, 0.25) is 5.91 Å². The third kappa shape index (κ3) is 6.82. The van der Waals surface area contributed by atoms with Crippen LogP contribution >= 0.6 is 0 Å². The summed E-state index contributed by atoms with van der Waals surface area (Å²) in [4.78, 5) is 38.7. The molecule has 1 fully saturated rings. The Labute approximate surface area is 213 Å². The van der Waals surface area contributed by atoms with Crippen LogP contribution in [0.25, 0.3) is 0 Å². The van der Waals surface area contributed by atoms with Gasteiger partial charge in [-0.1, -0.05) is 13.0 Å². The average molecular weight is 506 g/mol. The van der Waals surface area contributed by atoms with Crippen molar-refractivity contribution in [3.8, 4) is 0 Å². The van der Waals surface area contributed by atoms with Gasteiger partial charge in [-0.25, -0.2) is 4.39 Å². The highest BCUT2D eigenvalue weighted by Gasteiger charge is 2.38. The van der Waals surface area contributed by atoms with Gasteiger partial charge in [0, 0.05) is 42.7 Å². The topological polar surface area (TPSA) is 111 Å². The van der Waals surface area contributed by atoms with Gasteiger partial charge < -0.3 is 25.4 Å². The number of halogens is 1. The van der Waals surface area contributed by atoms with E-state index in [1.54, 1.807) is 32.9 Å². The number of benzene rings is 1. The predicted octanol–water partition coefficient (Wildman–Crippen LogP) is 3.24. The second-order valence-electron chi connectivity index (χ2n) is 10.9. The first kappa shape index (κ1) is 28.1. The number of fused-ring (bicyclic) bond motifs is 1. The van der Waals surface area contributed by atoms with E-state index in [9.17, 15) is 14.4 Å². The molecule has 0 bridgehead atoms. The lowest BCUT2D eigenvalue weighted by Gasteiger charge is -2.34. The molecule has 2 aliphatic rings. The first-order valence-corrected chi connectivity index (χ1v) is 12.9. The van der Waals surface area contributed by atoms with E-state index in [1.807, 2.05) is 0 Å². The zero-order chi connectivity index (χ0) is 26.6. The van der Waals surface area contributed by atoms with E-state index in [1.165, 1.54) is 4.90 Å². The van der Waals surface area contributed by atoms with Crippen molar-refractivity contribution in [2.45, 2.75) is 110 Å². The SMILES string of the molecule is CCC(C)N[C@H]1CCCO[C@@H]1Cc1ccc2c(c1F)CN([C@@H](CCC(=O)OC(C)(C)C)C(N)=O)C2=O. The first-order chi connectivity index (χ1) is 16.9. The quantitative estimate of drug-likeness (QED) is 0.473. The van der Waals surface area contributed by atoms with E-state index in [2.05, 4.69) is 19.2 Å². The number of primary amides is 1. The van der Waals surface area contributed by atoms with Crippen LogP contribution in [0.1, 0.15) is 88.2 Å². The van der Waals surface area contributed by atoms with Gasteiger partial charge in [0.05, 0.1) is 12.6 Å². The Balaban J connectivity index is 1.74. The van der Waals surface area contributed by atoms with Gasteiger partial charge in [-0.15, -0.1) is 0 Å². The average Bonchev–Trinajstić information content (AvgIpc) is 3.12. The van der Waals surface area contributed by atoms with Crippen molar-refractivity contribution in [3.63, 3.8) is 0 Å². The molecule has 1 aromatic rings. The maximum Gasteiger partial charge on any atom is 0.306 e. The van der Waals surface area contributed by atoms with Crippen molar-refractivity contribution in [2.24, 2.45) is 5.73 Å². The third-order valence-corrected chi connectivity index (χ3v) is 6.86. The van der Waals surface area contributed by atoms with Crippen molar-refractivity contribution < 1.29 is 28.2 Å². The number of hydrogen-bond donors (Lipinski definition) is 2. The van der Waals surface area contributed by atoms with Gasteiger partial charge in [0.1, 0.15) is 17.5 Å². The number of ether oxygens (including phenoxy) is 2. The highest BCUT2D eigenvalue weighted by molar-refractivity contribution is 6.01. The molecule has 0 aliphatic carbocycles. The van der Waals surface area contributed by atoms with Crippen molar-refractivity contribution in [1.29, 1.82) is 0 Å². The van der Waals surface area contributed by atoms with E-state index in [0.29, 0.717) is 24.6 Å². The maximum absolute atomic E-state index is 15.7. The monoisotopic (exact) mass is 505 g/mol. The van der Waals surface area contributed by atoms with Crippen LogP contribution < -0.4 is 11.1 Å². The Morgan fingerprint density at radius 3 is 2.69 bits per heavy atom. The number of nitrogens with two attached hydrogens (primary N) is 1. The zero-order valence-electron chi connectivity index (χ0n) is 22.1. The van der Waals surface area contributed by atoms with Crippen LogP contribution in [0.4, 0.5) is 4.39 Å². The summed E-state index contributed by atoms with van der Waals surface area (Å²) < 4.78 is 26.9. The zero-order valence-corrected chi connectivity index (χ0v) is 22.1. The summed E-state index contributed by atoms with van der Waals surface area (Å²) in [6.07, 6.45) is 3.06. The molecule has 9 heteroatoms. The molecule has 1 unspecified atom stereocenters. The van der Waals surface area contributed by atoms with Crippen LogP contribution in [-0.2, 0) is 32.0 Å². The molecule has 0 spiro atoms. The van der Waals surface area contributed by atoms with E-state index in [0.717, 1.165) is 19.3 Å². The number of rotatable bonds is 10. The van der Waals surface area contributed by atoms with Gasteiger partial charge in [-0.3, -0.25) is 14.4 Å². The number of carbonyl (C=O) groups excluding carboxylic acids is 3. The Morgan fingerprint density at radius 1 is 1.33 bits per heavy atom. The van der Waals surface area contributed by atoms with Crippen molar-refractivity contribution in [2.75, 3.05) is 6.61 Å². The second-order valence-corrected chi connectivity index (χ2v) is 10.9. The Kier molecular flexibility index (Phi) is 9.11. The molecule has 0 saturated carbocycles. The number of carbonyl (C=O) groups is 3. The molecule has 4 atom stereocenters. The number of nitrogens with one attached hydrogen (secondary N) is 1. The minimum absolute atomic E-state index is 0.0112. The van der Waals surface area contributed by atoms with Gasteiger partial charge in [0.25, 0.3) is 5.91 Å². The first-order valence-electron chi connectivity index (χ1n) is 12.9. The largest absolute Gasteiger partial charge is 0.460 e. The van der Waals surface area contributed by atoms with Gasteiger partial charge in [-0.05, 0) is 65.0 Å². The standard InChI is InChI=1S/C27H40FN3O5/c1-6-16(2)30-20-8-7-13-35-22(20)14-17-9-10-18-19(24(17)28)15-31(26(18)34)21(25(29)33)11-12-23(32)36-27(3,4)5/h9-10,16,20-22,30H,6-8,11-15H2,1-5H3,(H2,29,33)/t16?,20-,21-,22+/m0/s1.